The van der Waals surface area contributed by atoms with Crippen LogP contribution in [0.1, 0.15) is 77.6 Å². The molecule has 0 aromatic carbocycles. The zero-order chi connectivity index (χ0) is 11.4. The molecule has 0 saturated carbocycles. The minimum absolute atomic E-state index is 0. The predicted molar refractivity (Wildman–Crippen MR) is 71.2 cm³/mol. The van der Waals surface area contributed by atoms with Crippen LogP contribution in [0.25, 0.3) is 0 Å². The van der Waals surface area contributed by atoms with Crippen molar-refractivity contribution in [1.82, 2.24) is 0 Å². The van der Waals surface area contributed by atoms with Gasteiger partial charge in [0.05, 0.1) is 0 Å². The van der Waals surface area contributed by atoms with Gasteiger partial charge in [-0.15, -0.1) is 0 Å². The van der Waals surface area contributed by atoms with Crippen LogP contribution in [-0.2, 0) is 4.79 Å². The summed E-state index contributed by atoms with van der Waals surface area (Å²) in [5.41, 5.74) is 0. The second kappa shape index (κ2) is 15.1. The zero-order valence-corrected chi connectivity index (χ0v) is 10.1. The van der Waals surface area contributed by atoms with E-state index in [9.17, 15) is 4.79 Å². The van der Waals surface area contributed by atoms with Crippen molar-refractivity contribution < 1.29 is 9.90 Å². The number of carboxylic acids is 1. The molecule has 0 fully saturated rings. The van der Waals surface area contributed by atoms with E-state index in [4.69, 9.17) is 5.11 Å². The first-order valence-corrected chi connectivity index (χ1v) is 6.49. The van der Waals surface area contributed by atoms with Crippen molar-refractivity contribution in [1.29, 1.82) is 0 Å². The molecule has 0 heterocycles. The molecule has 2 nitrogen and oxygen atoms in total. The molecular formula is C13H27LiO2. The topological polar surface area (TPSA) is 37.3 Å². The van der Waals surface area contributed by atoms with Gasteiger partial charge in [-0.05, 0) is 6.42 Å². The molecule has 0 aliphatic carbocycles. The molecule has 92 valence electrons. The standard InChI is InChI=1S/C13H26O2.Li.H/c1-2-3-4-5-6-7-8-9-10-11-12-13(14)15;;/h2-12H2,1H3,(H,14,15);;. The van der Waals surface area contributed by atoms with E-state index in [1.165, 1.54) is 51.4 Å². The van der Waals surface area contributed by atoms with Gasteiger partial charge in [-0.25, -0.2) is 0 Å². The van der Waals surface area contributed by atoms with E-state index in [2.05, 4.69) is 6.92 Å². The van der Waals surface area contributed by atoms with Gasteiger partial charge in [-0.1, -0.05) is 64.7 Å². The molecule has 0 aromatic rings. The van der Waals surface area contributed by atoms with Crippen LogP contribution in [0.15, 0.2) is 0 Å². The van der Waals surface area contributed by atoms with Crippen molar-refractivity contribution in [3.63, 3.8) is 0 Å². The van der Waals surface area contributed by atoms with Gasteiger partial charge in [0.15, 0.2) is 0 Å². The van der Waals surface area contributed by atoms with Crippen molar-refractivity contribution >= 4 is 24.8 Å². The average Bonchev–Trinajstić information content (AvgIpc) is 2.20. The van der Waals surface area contributed by atoms with E-state index < -0.39 is 5.97 Å². The summed E-state index contributed by atoms with van der Waals surface area (Å²) in [6.07, 6.45) is 12.9. The molecule has 0 aliphatic heterocycles. The van der Waals surface area contributed by atoms with Crippen LogP contribution in [0.4, 0.5) is 0 Å². The van der Waals surface area contributed by atoms with E-state index in [-0.39, 0.29) is 18.9 Å². The molecule has 1 N–H and O–H groups in total. The second-order valence-electron chi connectivity index (χ2n) is 4.33. The minimum atomic E-state index is -0.658. The molecule has 0 rings (SSSR count). The molecule has 0 atom stereocenters. The summed E-state index contributed by atoms with van der Waals surface area (Å²) in [5, 5.41) is 8.44. The van der Waals surface area contributed by atoms with Crippen molar-refractivity contribution in [3.05, 3.63) is 0 Å². The maximum absolute atomic E-state index is 10.2. The second-order valence-corrected chi connectivity index (χ2v) is 4.33. The van der Waals surface area contributed by atoms with E-state index >= 15 is 0 Å². The van der Waals surface area contributed by atoms with Crippen LogP contribution >= 0.6 is 0 Å². The van der Waals surface area contributed by atoms with Crippen molar-refractivity contribution in [2.75, 3.05) is 0 Å². The fourth-order valence-electron chi connectivity index (χ4n) is 1.76. The van der Waals surface area contributed by atoms with Crippen molar-refractivity contribution in [3.8, 4) is 0 Å². The van der Waals surface area contributed by atoms with E-state index in [1.54, 1.807) is 0 Å². The van der Waals surface area contributed by atoms with E-state index in [0.717, 1.165) is 12.8 Å². The van der Waals surface area contributed by atoms with Gasteiger partial charge < -0.3 is 5.11 Å². The summed E-state index contributed by atoms with van der Waals surface area (Å²) in [6, 6.07) is 0. The fourth-order valence-corrected chi connectivity index (χ4v) is 1.76. The van der Waals surface area contributed by atoms with Gasteiger partial charge in [0, 0.05) is 6.42 Å². The summed E-state index contributed by atoms with van der Waals surface area (Å²) < 4.78 is 0. The van der Waals surface area contributed by atoms with Gasteiger partial charge in [0.1, 0.15) is 0 Å². The third kappa shape index (κ3) is 16.5. The van der Waals surface area contributed by atoms with Crippen LogP contribution < -0.4 is 0 Å². The van der Waals surface area contributed by atoms with Gasteiger partial charge in [0.2, 0.25) is 0 Å². The summed E-state index contributed by atoms with van der Waals surface area (Å²) in [6.45, 7) is 2.24. The Morgan fingerprint density at radius 3 is 1.56 bits per heavy atom. The van der Waals surface area contributed by atoms with E-state index in [0.29, 0.717) is 6.42 Å². The Morgan fingerprint density at radius 1 is 0.812 bits per heavy atom. The average molecular weight is 222 g/mol. The van der Waals surface area contributed by atoms with Crippen LogP contribution in [0.2, 0.25) is 0 Å². The Balaban J connectivity index is 0. The van der Waals surface area contributed by atoms with Gasteiger partial charge in [0.25, 0.3) is 0 Å². The molecule has 0 aliphatic rings. The number of aliphatic carboxylic acids is 1. The Labute approximate surface area is 112 Å². The molecule has 0 spiro atoms. The molecule has 16 heavy (non-hydrogen) atoms. The van der Waals surface area contributed by atoms with E-state index in [1.807, 2.05) is 0 Å². The summed E-state index contributed by atoms with van der Waals surface area (Å²) >= 11 is 0. The van der Waals surface area contributed by atoms with Crippen molar-refractivity contribution in [2.45, 2.75) is 77.6 Å². The molecule has 0 aromatic heterocycles. The quantitative estimate of drug-likeness (QED) is 0.427. The molecule has 0 saturated heterocycles. The molecule has 0 unspecified atom stereocenters. The Morgan fingerprint density at radius 2 is 1.19 bits per heavy atom. The Kier molecular flexibility index (Phi) is 17.4. The molecule has 0 radical (unpaired) electrons. The number of hydrogen-bond acceptors (Lipinski definition) is 1. The van der Waals surface area contributed by atoms with Crippen LogP contribution in [0.3, 0.4) is 0 Å². The van der Waals surface area contributed by atoms with Gasteiger partial charge >= 0.3 is 24.8 Å². The normalized spacial score (nSPS) is 9.81. The van der Waals surface area contributed by atoms with Gasteiger partial charge in [-0.3, -0.25) is 4.79 Å². The number of unbranched alkanes of at least 4 members (excludes halogenated alkanes) is 9. The van der Waals surface area contributed by atoms with Crippen LogP contribution in [0, 0.1) is 0 Å². The fraction of sp³-hybridized carbons (Fsp3) is 0.923. The predicted octanol–water partition coefficient (Wildman–Crippen LogP) is 3.73. The first-order chi connectivity index (χ1) is 7.27. The monoisotopic (exact) mass is 222 g/mol. The molecule has 3 heteroatoms. The Bertz CT molecular complexity index is 149. The number of hydrogen-bond donors (Lipinski definition) is 1. The van der Waals surface area contributed by atoms with Gasteiger partial charge in [-0.2, -0.15) is 0 Å². The third-order valence-electron chi connectivity index (χ3n) is 2.74. The molecule has 0 bridgehead atoms. The summed E-state index contributed by atoms with van der Waals surface area (Å²) in [7, 11) is 0. The molecular weight excluding hydrogens is 195 g/mol. The SMILES string of the molecule is CCCCCCCCCCCCC(=O)O.[LiH]. The number of carbonyl (C=O) groups is 1. The third-order valence-corrected chi connectivity index (χ3v) is 2.74. The van der Waals surface area contributed by atoms with Crippen molar-refractivity contribution in [2.24, 2.45) is 0 Å². The first kappa shape index (κ1) is 18.4. The van der Waals surface area contributed by atoms with Crippen LogP contribution in [-0.4, -0.2) is 29.9 Å². The number of rotatable bonds is 11. The zero-order valence-electron chi connectivity index (χ0n) is 10.1. The Hall–Kier alpha value is 0.0674. The molecule has 0 amide bonds. The maximum atomic E-state index is 10.2. The van der Waals surface area contributed by atoms with Crippen LogP contribution in [0.5, 0.6) is 0 Å². The first-order valence-electron chi connectivity index (χ1n) is 6.49. The number of carboxylic acid groups (broad SMARTS) is 1. The summed E-state index contributed by atoms with van der Waals surface area (Å²) in [4.78, 5) is 10.2. The summed E-state index contributed by atoms with van der Waals surface area (Å²) in [5.74, 6) is -0.658.